The molecule has 41 heavy (non-hydrogen) atoms. The monoisotopic (exact) mass is 583 g/mol. The number of thiazole rings is 1. The van der Waals surface area contributed by atoms with Gasteiger partial charge in [-0.25, -0.2) is 4.98 Å². The molecule has 4 aromatic rings. The highest BCUT2D eigenvalue weighted by Crippen LogP contribution is 2.35. The number of hydrogen-bond acceptors (Lipinski definition) is 6. The van der Waals surface area contributed by atoms with Gasteiger partial charge in [-0.15, -0.1) is 11.3 Å². The van der Waals surface area contributed by atoms with Crippen molar-refractivity contribution in [3.05, 3.63) is 70.4 Å². The van der Waals surface area contributed by atoms with Gasteiger partial charge < -0.3 is 14.9 Å². The van der Waals surface area contributed by atoms with E-state index in [9.17, 15) is 23.1 Å². The van der Waals surface area contributed by atoms with Gasteiger partial charge in [0.25, 0.3) is 0 Å². The molecule has 6 rings (SSSR count). The molecule has 1 saturated heterocycles. The number of aliphatic hydroxyl groups excluding tert-OH is 1. The number of nitrogens with zero attached hydrogens (tertiary/aromatic N) is 5. The number of benzene rings is 2. The Labute approximate surface area is 240 Å². The summed E-state index contributed by atoms with van der Waals surface area (Å²) in [4.78, 5) is 20.9. The van der Waals surface area contributed by atoms with Crippen LogP contribution in [0.3, 0.4) is 0 Å². The molecular weight excluding hydrogens is 551 g/mol. The Hall–Kier alpha value is -3.28. The topological polar surface area (TPSA) is 74.5 Å². The lowest BCUT2D eigenvalue weighted by atomic mass is 9.97. The molecule has 0 aliphatic carbocycles. The third-order valence-electron chi connectivity index (χ3n) is 8.16. The van der Waals surface area contributed by atoms with Gasteiger partial charge in [-0.2, -0.15) is 18.3 Å². The number of halogens is 3. The Morgan fingerprint density at radius 2 is 1.80 bits per heavy atom. The van der Waals surface area contributed by atoms with Crippen molar-refractivity contribution in [1.29, 1.82) is 0 Å². The molecule has 0 saturated carbocycles. The number of β-amino-alcohol motifs (C(OH)–C–C–N with tert-alkyl or cyclic N) is 1. The van der Waals surface area contributed by atoms with E-state index in [2.05, 4.69) is 17.0 Å². The number of amides is 1. The van der Waals surface area contributed by atoms with Crippen LogP contribution in [0.25, 0.3) is 21.5 Å². The average Bonchev–Trinajstić information content (AvgIpc) is 3.54. The van der Waals surface area contributed by atoms with Crippen LogP contribution in [0.15, 0.2) is 48.5 Å². The maximum atomic E-state index is 13.1. The smallest absolute Gasteiger partial charge is 0.390 e. The lowest BCUT2D eigenvalue weighted by Crippen LogP contribution is -2.40. The van der Waals surface area contributed by atoms with Crippen LogP contribution < -0.4 is 0 Å². The van der Waals surface area contributed by atoms with E-state index >= 15 is 0 Å². The molecule has 2 aromatic heterocycles. The number of carbonyl (C=O) groups excluding carboxylic acids is 1. The van der Waals surface area contributed by atoms with Gasteiger partial charge in [-0.3, -0.25) is 9.48 Å². The number of fused-ring (bicyclic) bond motifs is 2. The molecule has 2 aliphatic heterocycles. The summed E-state index contributed by atoms with van der Waals surface area (Å²) in [6.07, 6.45) is -2.53. The second-order valence-corrected chi connectivity index (χ2v) is 12.0. The van der Waals surface area contributed by atoms with E-state index in [0.29, 0.717) is 43.2 Å². The Balaban J connectivity index is 1.14. The molecule has 2 aromatic carbocycles. The summed E-state index contributed by atoms with van der Waals surface area (Å²) < 4.78 is 42.4. The first-order valence-electron chi connectivity index (χ1n) is 13.9. The number of piperidine rings is 1. The Morgan fingerprint density at radius 3 is 2.49 bits per heavy atom. The molecular formula is C30H32F3N5O2S. The lowest BCUT2D eigenvalue weighted by Gasteiger charge is -2.32. The predicted molar refractivity (Wildman–Crippen MR) is 152 cm³/mol. The number of aliphatic hydroxyl groups is 1. The summed E-state index contributed by atoms with van der Waals surface area (Å²) in [6.45, 7) is 4.93. The second-order valence-electron chi connectivity index (χ2n) is 11.0. The fourth-order valence-corrected chi connectivity index (χ4v) is 7.08. The van der Waals surface area contributed by atoms with Gasteiger partial charge in [-0.1, -0.05) is 24.3 Å². The van der Waals surface area contributed by atoms with Gasteiger partial charge in [0.1, 0.15) is 0 Å². The number of hydrogen-bond donors (Lipinski definition) is 1. The Morgan fingerprint density at radius 1 is 1.07 bits per heavy atom. The number of rotatable bonds is 6. The van der Waals surface area contributed by atoms with Crippen LogP contribution in [-0.2, 0) is 30.5 Å². The first kappa shape index (κ1) is 27.9. The molecule has 7 nitrogen and oxygen atoms in total. The van der Waals surface area contributed by atoms with Crippen LogP contribution in [0.5, 0.6) is 0 Å². The zero-order valence-corrected chi connectivity index (χ0v) is 23.6. The highest BCUT2D eigenvalue weighted by atomic mass is 32.1. The summed E-state index contributed by atoms with van der Waals surface area (Å²) in [5.41, 5.74) is 3.20. The van der Waals surface area contributed by atoms with Crippen molar-refractivity contribution in [2.24, 2.45) is 0 Å². The highest BCUT2D eigenvalue weighted by Gasteiger charge is 2.32. The molecule has 1 unspecified atom stereocenters. The van der Waals surface area contributed by atoms with Gasteiger partial charge in [0.2, 0.25) is 5.91 Å². The van der Waals surface area contributed by atoms with Crippen molar-refractivity contribution in [1.82, 2.24) is 24.6 Å². The van der Waals surface area contributed by atoms with Crippen molar-refractivity contribution in [3.63, 3.8) is 0 Å². The van der Waals surface area contributed by atoms with Crippen LogP contribution in [0.4, 0.5) is 13.2 Å². The van der Waals surface area contributed by atoms with E-state index in [1.165, 1.54) is 28.8 Å². The van der Waals surface area contributed by atoms with Crippen molar-refractivity contribution in [3.8, 4) is 11.3 Å². The van der Waals surface area contributed by atoms with Gasteiger partial charge in [0.15, 0.2) is 0 Å². The summed E-state index contributed by atoms with van der Waals surface area (Å²) in [5, 5.41) is 17.0. The minimum atomic E-state index is -4.42. The van der Waals surface area contributed by atoms with Crippen molar-refractivity contribution >= 4 is 27.5 Å². The van der Waals surface area contributed by atoms with Crippen LogP contribution in [0, 0.1) is 0 Å². The normalized spacial score (nSPS) is 17.6. The standard InChI is InChI=1S/C30H32F3N5O2S/c1-19(39)37-15-12-26-24(18-37)28(20-6-8-22(9-7-20)30(31,32)33)35-38(26)17-23(40)16-36-13-10-21(11-14-36)29-34-25-4-2-3-5-27(25)41-29/h2-9,21,23,40H,10-18H2,1H3. The van der Waals surface area contributed by atoms with Crippen LogP contribution in [0.2, 0.25) is 0 Å². The second kappa shape index (κ2) is 11.2. The molecule has 1 N–H and O–H groups in total. The molecule has 0 bridgehead atoms. The van der Waals surface area contributed by atoms with Crippen molar-refractivity contribution in [2.45, 2.75) is 57.5 Å². The van der Waals surface area contributed by atoms with E-state index in [-0.39, 0.29) is 12.5 Å². The van der Waals surface area contributed by atoms with Crippen LogP contribution in [-0.4, -0.2) is 67.9 Å². The van der Waals surface area contributed by atoms with Gasteiger partial charge >= 0.3 is 6.18 Å². The minimum absolute atomic E-state index is 0.0592. The maximum absolute atomic E-state index is 13.1. The third-order valence-corrected chi connectivity index (χ3v) is 9.36. The quantitative estimate of drug-likeness (QED) is 0.333. The molecule has 216 valence electrons. The van der Waals surface area contributed by atoms with E-state index in [1.807, 2.05) is 12.1 Å². The summed E-state index contributed by atoms with van der Waals surface area (Å²) >= 11 is 1.77. The highest BCUT2D eigenvalue weighted by molar-refractivity contribution is 7.18. The summed E-state index contributed by atoms with van der Waals surface area (Å²) in [6, 6.07) is 13.2. The Kier molecular flexibility index (Phi) is 7.60. The maximum Gasteiger partial charge on any atom is 0.416 e. The van der Waals surface area contributed by atoms with Gasteiger partial charge in [0, 0.05) is 55.7 Å². The molecule has 1 fully saturated rings. The van der Waals surface area contributed by atoms with Crippen LogP contribution in [0.1, 0.15) is 47.5 Å². The largest absolute Gasteiger partial charge is 0.416 e. The number of para-hydroxylation sites is 1. The average molecular weight is 584 g/mol. The first-order valence-corrected chi connectivity index (χ1v) is 14.7. The van der Waals surface area contributed by atoms with Crippen molar-refractivity contribution < 1.29 is 23.1 Å². The number of likely N-dealkylation sites (tertiary alicyclic amines) is 1. The van der Waals surface area contributed by atoms with E-state index in [4.69, 9.17) is 10.1 Å². The number of aromatic nitrogens is 3. The van der Waals surface area contributed by atoms with Crippen molar-refractivity contribution in [2.75, 3.05) is 26.2 Å². The zero-order valence-electron chi connectivity index (χ0n) is 22.8. The van der Waals surface area contributed by atoms with E-state index in [1.54, 1.807) is 20.9 Å². The molecule has 2 aliphatic rings. The van der Waals surface area contributed by atoms with E-state index < -0.39 is 17.8 Å². The fourth-order valence-electron chi connectivity index (χ4n) is 5.94. The summed E-state index contributed by atoms with van der Waals surface area (Å²) in [7, 11) is 0. The molecule has 0 spiro atoms. The first-order chi connectivity index (χ1) is 19.7. The number of alkyl halides is 3. The lowest BCUT2D eigenvalue weighted by molar-refractivity contribution is -0.137. The summed E-state index contributed by atoms with van der Waals surface area (Å²) in [5.74, 6) is 0.366. The molecule has 0 radical (unpaired) electrons. The minimum Gasteiger partial charge on any atom is -0.390 e. The van der Waals surface area contributed by atoms with Gasteiger partial charge in [-0.05, 0) is 50.2 Å². The molecule has 11 heteroatoms. The number of carbonyl (C=O) groups is 1. The zero-order chi connectivity index (χ0) is 28.7. The molecule has 1 amide bonds. The molecule has 1 atom stereocenters. The molecule has 4 heterocycles. The third kappa shape index (κ3) is 5.89. The van der Waals surface area contributed by atoms with Gasteiger partial charge in [0.05, 0.1) is 39.1 Å². The van der Waals surface area contributed by atoms with Crippen LogP contribution >= 0.6 is 11.3 Å². The predicted octanol–water partition coefficient (Wildman–Crippen LogP) is 5.32. The SMILES string of the molecule is CC(=O)N1CCc2c(c(-c3ccc(C(F)(F)F)cc3)nn2CC(O)CN2CCC(c3nc4ccccc4s3)CC2)C1. The van der Waals surface area contributed by atoms with E-state index in [0.717, 1.165) is 54.8 Å². The Bertz CT molecular complexity index is 1510. The fraction of sp³-hybridized carbons (Fsp3) is 0.433.